The summed E-state index contributed by atoms with van der Waals surface area (Å²) in [6.07, 6.45) is 20.3. The summed E-state index contributed by atoms with van der Waals surface area (Å²) in [6.45, 7) is 14.9. The minimum Gasteiger partial charge on any atom is -0.549 e. The van der Waals surface area contributed by atoms with Crippen molar-refractivity contribution in [1.82, 2.24) is 0 Å². The van der Waals surface area contributed by atoms with Crippen molar-refractivity contribution in [1.29, 1.82) is 0 Å². The van der Waals surface area contributed by atoms with Gasteiger partial charge in [0.25, 0.3) is 0 Å². The Hall–Kier alpha value is -2.87. The van der Waals surface area contributed by atoms with Gasteiger partial charge in [-0.1, -0.05) is 134 Å². The largest absolute Gasteiger partial charge is 0.549 e. The van der Waals surface area contributed by atoms with E-state index in [4.69, 9.17) is 0 Å². The zero-order chi connectivity index (χ0) is 35.7. The fourth-order valence-corrected chi connectivity index (χ4v) is 13.3. The van der Waals surface area contributed by atoms with Gasteiger partial charge in [0.2, 0.25) is 0 Å². The summed E-state index contributed by atoms with van der Waals surface area (Å²) in [5.41, 5.74) is 5.06. The maximum absolute atomic E-state index is 12.4. The molecule has 272 valence electrons. The third kappa shape index (κ3) is 5.76. The van der Waals surface area contributed by atoms with E-state index in [1.165, 1.54) is 103 Å². The number of hydrogen-bond donors (Lipinski definition) is 0. The van der Waals surface area contributed by atoms with Crippen LogP contribution in [0.25, 0.3) is 32.3 Å². The van der Waals surface area contributed by atoms with Crippen LogP contribution in [0.1, 0.15) is 154 Å². The topological polar surface area (TPSA) is 40.1 Å². The molecule has 1 unspecified atom stereocenters. The standard InChI is InChI=1S/C49H64O2/c1-7-8-12-40(47(50)51)37-19-14-33-15-20-38-36(18-13-32-16-21-39(37)46(33)45(32)38)34-25-27-48(5)35(29-34)17-22-41-43-24-23-42(31(4)11-9-10-30(2)3)49(43,6)28-26-44(41)48/h13-21,30-31,34,40-44H,7-12,22-29H2,1-6H3,(H,50,51)/p-1/t31-,34+,40?,41+,42-,43+,44+,48+,49-/m1/s1. The van der Waals surface area contributed by atoms with Gasteiger partial charge >= 0.3 is 0 Å². The molecule has 0 N–H and O–H groups in total. The van der Waals surface area contributed by atoms with Crippen LogP contribution in [-0.4, -0.2) is 5.97 Å². The van der Waals surface area contributed by atoms with Crippen LogP contribution in [0.15, 0.2) is 60.2 Å². The first-order valence-corrected chi connectivity index (χ1v) is 21.2. The highest BCUT2D eigenvalue weighted by molar-refractivity contribution is 6.24. The van der Waals surface area contributed by atoms with Crippen molar-refractivity contribution in [2.45, 2.75) is 143 Å². The molecule has 0 aliphatic heterocycles. The summed E-state index contributed by atoms with van der Waals surface area (Å²) in [7, 11) is 0. The molecule has 51 heavy (non-hydrogen) atoms. The second-order valence-corrected chi connectivity index (χ2v) is 19.0. The fourth-order valence-electron chi connectivity index (χ4n) is 13.3. The summed E-state index contributed by atoms with van der Waals surface area (Å²) >= 11 is 0. The molecule has 0 aromatic heterocycles. The summed E-state index contributed by atoms with van der Waals surface area (Å²) in [5, 5.41) is 19.9. The zero-order valence-corrected chi connectivity index (χ0v) is 32.5. The average Bonchev–Trinajstić information content (AvgIpc) is 3.48. The molecule has 8 rings (SSSR count). The first kappa shape index (κ1) is 35.2. The molecule has 0 heterocycles. The second kappa shape index (κ2) is 13.5. The van der Waals surface area contributed by atoms with Gasteiger partial charge in [-0.25, -0.2) is 0 Å². The molecule has 4 aliphatic rings. The summed E-state index contributed by atoms with van der Waals surface area (Å²) in [4.78, 5) is 12.4. The van der Waals surface area contributed by atoms with E-state index >= 15 is 0 Å². The maximum Gasteiger partial charge on any atom is 0.0489 e. The first-order valence-electron chi connectivity index (χ1n) is 21.2. The lowest BCUT2D eigenvalue weighted by Gasteiger charge is -2.58. The number of carbonyl (C=O) groups excluding carboxylic acids is 1. The van der Waals surface area contributed by atoms with Crippen molar-refractivity contribution < 1.29 is 9.90 Å². The van der Waals surface area contributed by atoms with Gasteiger partial charge in [-0.05, 0) is 153 Å². The third-order valence-corrected chi connectivity index (χ3v) is 16.0. The average molecular weight is 684 g/mol. The minimum atomic E-state index is -0.950. The van der Waals surface area contributed by atoms with Crippen LogP contribution >= 0.6 is 0 Å². The molecule has 9 atom stereocenters. The van der Waals surface area contributed by atoms with Crippen molar-refractivity contribution in [2.75, 3.05) is 0 Å². The van der Waals surface area contributed by atoms with E-state index < -0.39 is 11.9 Å². The molecule has 0 saturated heterocycles. The van der Waals surface area contributed by atoms with Crippen LogP contribution in [0.5, 0.6) is 0 Å². The van der Waals surface area contributed by atoms with Gasteiger partial charge in [0.05, 0.1) is 0 Å². The molecular weight excluding hydrogens is 621 g/mol. The molecule has 3 saturated carbocycles. The molecule has 2 heteroatoms. The molecule has 0 amide bonds. The van der Waals surface area contributed by atoms with E-state index in [9.17, 15) is 9.90 Å². The summed E-state index contributed by atoms with van der Waals surface area (Å²) in [6, 6.07) is 18.0. The number of carboxylic acid groups (broad SMARTS) is 1. The maximum atomic E-state index is 12.4. The highest BCUT2D eigenvalue weighted by Gasteiger charge is 2.59. The number of fused-ring (bicyclic) bond motifs is 5. The molecule has 4 aromatic carbocycles. The Bertz CT molecular complexity index is 1930. The molecule has 4 aromatic rings. The van der Waals surface area contributed by atoms with Crippen molar-refractivity contribution in [3.8, 4) is 0 Å². The Balaban J connectivity index is 1.08. The van der Waals surface area contributed by atoms with Gasteiger partial charge in [0.1, 0.15) is 0 Å². The highest BCUT2D eigenvalue weighted by atomic mass is 16.4. The normalized spacial score (nSPS) is 31.8. The van der Waals surface area contributed by atoms with Gasteiger partial charge in [0, 0.05) is 11.9 Å². The van der Waals surface area contributed by atoms with Crippen LogP contribution in [0.3, 0.4) is 0 Å². The Kier molecular flexibility index (Phi) is 9.32. The predicted molar refractivity (Wildman–Crippen MR) is 213 cm³/mol. The smallest absolute Gasteiger partial charge is 0.0489 e. The third-order valence-electron chi connectivity index (χ3n) is 16.0. The Morgan fingerprint density at radius 1 is 0.804 bits per heavy atom. The van der Waals surface area contributed by atoms with Crippen LogP contribution < -0.4 is 5.11 Å². The number of unbranched alkanes of at least 4 members (excludes halogenated alkanes) is 1. The number of hydrogen-bond acceptors (Lipinski definition) is 2. The van der Waals surface area contributed by atoms with Crippen molar-refractivity contribution >= 4 is 38.3 Å². The number of benzene rings is 4. The molecule has 0 bridgehead atoms. The van der Waals surface area contributed by atoms with Gasteiger partial charge in [-0.15, -0.1) is 0 Å². The van der Waals surface area contributed by atoms with Crippen molar-refractivity contribution in [3.63, 3.8) is 0 Å². The van der Waals surface area contributed by atoms with E-state index in [2.05, 4.69) is 96.1 Å². The van der Waals surface area contributed by atoms with E-state index in [1.807, 2.05) is 0 Å². The SMILES string of the molecule is CCCCC(C(=O)[O-])c1ccc2ccc3c([C@H]4CC[C@@]5(C)C(=CC[C@H]6[C@@H]7CC[C@H]([C@H](C)CCCC(C)C)[C@@]7(C)CC[C@@H]65)C4)ccc4ccc1c2c43. The highest BCUT2D eigenvalue weighted by Crippen LogP contribution is 2.68. The quantitative estimate of drug-likeness (QED) is 0.117. The van der Waals surface area contributed by atoms with E-state index in [0.717, 1.165) is 59.3 Å². The number of carbonyl (C=O) groups is 1. The molecule has 4 aliphatic carbocycles. The Morgan fingerprint density at radius 2 is 1.53 bits per heavy atom. The van der Waals surface area contributed by atoms with Crippen LogP contribution in [-0.2, 0) is 4.79 Å². The molecule has 2 nitrogen and oxygen atoms in total. The van der Waals surface area contributed by atoms with Crippen LogP contribution in [0, 0.1) is 46.3 Å². The lowest BCUT2D eigenvalue weighted by atomic mass is 9.46. The van der Waals surface area contributed by atoms with Crippen LogP contribution in [0.4, 0.5) is 0 Å². The Morgan fingerprint density at radius 3 is 2.27 bits per heavy atom. The number of carboxylic acids is 1. The van der Waals surface area contributed by atoms with Gasteiger partial charge in [0.15, 0.2) is 0 Å². The predicted octanol–water partition coefficient (Wildman–Crippen LogP) is 12.7. The summed E-state index contributed by atoms with van der Waals surface area (Å²) < 4.78 is 0. The van der Waals surface area contributed by atoms with E-state index in [0.29, 0.717) is 23.2 Å². The first-order chi connectivity index (χ1) is 24.5. The fraction of sp³-hybridized carbons (Fsp3) is 0.612. The number of aliphatic carboxylic acids is 1. The number of allylic oxidation sites excluding steroid dienone is 2. The van der Waals surface area contributed by atoms with Crippen molar-refractivity contribution in [3.05, 3.63) is 71.3 Å². The van der Waals surface area contributed by atoms with Crippen LogP contribution in [0.2, 0.25) is 0 Å². The second-order valence-electron chi connectivity index (χ2n) is 19.0. The van der Waals surface area contributed by atoms with Gasteiger partial charge in [-0.3, -0.25) is 0 Å². The molecular formula is C49H63O2-. The van der Waals surface area contributed by atoms with Gasteiger partial charge < -0.3 is 9.90 Å². The molecule has 0 radical (unpaired) electrons. The van der Waals surface area contributed by atoms with Crippen molar-refractivity contribution in [2.24, 2.45) is 46.3 Å². The Labute approximate surface area is 308 Å². The number of rotatable bonds is 11. The van der Waals surface area contributed by atoms with E-state index in [-0.39, 0.29) is 0 Å². The minimum absolute atomic E-state index is 0.346. The lowest BCUT2D eigenvalue weighted by Crippen LogP contribution is -2.50. The van der Waals surface area contributed by atoms with E-state index in [1.54, 1.807) is 5.57 Å². The monoisotopic (exact) mass is 683 g/mol. The van der Waals surface area contributed by atoms with Gasteiger partial charge in [-0.2, -0.15) is 0 Å². The molecule has 0 spiro atoms. The summed E-state index contributed by atoms with van der Waals surface area (Å²) in [5.74, 6) is 4.23. The molecule has 3 fully saturated rings. The zero-order valence-electron chi connectivity index (χ0n) is 32.5. The lowest BCUT2D eigenvalue weighted by molar-refractivity contribution is -0.308.